The first kappa shape index (κ1) is 21.3. The summed E-state index contributed by atoms with van der Waals surface area (Å²) in [6.07, 6.45) is -9.02. The molecule has 0 aliphatic carbocycles. The fraction of sp³-hybridized carbons (Fsp3) is 0.0909. The van der Waals surface area contributed by atoms with Crippen LogP contribution in [0.5, 0.6) is 0 Å². The van der Waals surface area contributed by atoms with Crippen molar-refractivity contribution in [3.8, 4) is 0 Å². The zero-order chi connectivity index (χ0) is 22.1. The van der Waals surface area contributed by atoms with Crippen molar-refractivity contribution in [3.05, 3.63) is 106 Å². The standard InChI is InChI=1S/C22H12F6O2/c23-21(24,25)17-9-5-15(6-10-17)19(29)13-1-2-14(4-3-13)20(30)16-7-11-18(12-8-16)22(26,27)28/h1-12H. The monoisotopic (exact) mass is 422 g/mol. The number of benzene rings is 3. The summed E-state index contributed by atoms with van der Waals surface area (Å²) in [5.74, 6) is -1.06. The lowest BCUT2D eigenvalue weighted by atomic mass is 9.97. The lowest BCUT2D eigenvalue weighted by Gasteiger charge is -2.08. The van der Waals surface area contributed by atoms with Crippen molar-refractivity contribution in [2.24, 2.45) is 0 Å². The second-order valence-electron chi connectivity index (χ2n) is 6.39. The van der Waals surface area contributed by atoms with E-state index in [0.29, 0.717) is 0 Å². The molecule has 0 radical (unpaired) electrons. The van der Waals surface area contributed by atoms with Gasteiger partial charge in [-0.1, -0.05) is 48.5 Å². The number of carbonyl (C=O) groups excluding carboxylic acids is 2. The number of alkyl halides is 6. The van der Waals surface area contributed by atoms with Gasteiger partial charge in [0.05, 0.1) is 11.1 Å². The maximum atomic E-state index is 12.6. The topological polar surface area (TPSA) is 34.1 Å². The van der Waals surface area contributed by atoms with Gasteiger partial charge in [0.1, 0.15) is 0 Å². The average Bonchev–Trinajstić information content (AvgIpc) is 2.72. The highest BCUT2D eigenvalue weighted by atomic mass is 19.4. The van der Waals surface area contributed by atoms with Gasteiger partial charge >= 0.3 is 12.4 Å². The Bertz CT molecular complexity index is 973. The van der Waals surface area contributed by atoms with Crippen LogP contribution in [0.2, 0.25) is 0 Å². The van der Waals surface area contributed by atoms with Crippen LogP contribution in [0.25, 0.3) is 0 Å². The number of hydrogen-bond donors (Lipinski definition) is 0. The van der Waals surface area contributed by atoms with Crippen LogP contribution >= 0.6 is 0 Å². The van der Waals surface area contributed by atoms with Crippen LogP contribution in [0.4, 0.5) is 26.3 Å². The molecule has 0 fully saturated rings. The fourth-order valence-corrected chi connectivity index (χ4v) is 2.73. The predicted octanol–water partition coefficient (Wildman–Crippen LogP) is 6.19. The van der Waals surface area contributed by atoms with E-state index in [9.17, 15) is 35.9 Å². The molecule has 3 aromatic rings. The largest absolute Gasteiger partial charge is 0.416 e. The lowest BCUT2D eigenvalue weighted by Crippen LogP contribution is -2.08. The minimum absolute atomic E-state index is 0.0461. The highest BCUT2D eigenvalue weighted by Gasteiger charge is 2.31. The minimum atomic E-state index is -4.51. The molecule has 0 bridgehead atoms. The third-order valence-electron chi connectivity index (χ3n) is 4.36. The van der Waals surface area contributed by atoms with Crippen LogP contribution in [-0.2, 0) is 12.4 Å². The smallest absolute Gasteiger partial charge is 0.289 e. The van der Waals surface area contributed by atoms with Gasteiger partial charge in [-0.25, -0.2) is 0 Å². The van der Waals surface area contributed by atoms with Gasteiger partial charge in [-0.2, -0.15) is 26.3 Å². The Morgan fingerprint density at radius 2 is 0.633 bits per heavy atom. The van der Waals surface area contributed by atoms with Gasteiger partial charge < -0.3 is 0 Å². The summed E-state index contributed by atoms with van der Waals surface area (Å²) in [6.45, 7) is 0. The van der Waals surface area contributed by atoms with Crippen LogP contribution in [0.1, 0.15) is 43.0 Å². The second kappa shape index (κ2) is 7.78. The lowest BCUT2D eigenvalue weighted by molar-refractivity contribution is -0.138. The zero-order valence-electron chi connectivity index (χ0n) is 15.0. The molecule has 0 saturated heterocycles. The molecule has 0 saturated carbocycles. The summed E-state index contributed by atoms with van der Waals surface area (Å²) >= 11 is 0. The maximum absolute atomic E-state index is 12.6. The molecule has 0 amide bonds. The molecule has 3 aromatic carbocycles. The number of halogens is 6. The van der Waals surface area contributed by atoms with Crippen molar-refractivity contribution in [2.75, 3.05) is 0 Å². The Balaban J connectivity index is 1.77. The molecular weight excluding hydrogens is 410 g/mol. The number of hydrogen-bond acceptors (Lipinski definition) is 2. The minimum Gasteiger partial charge on any atom is -0.289 e. The highest BCUT2D eigenvalue weighted by molar-refractivity contribution is 6.11. The van der Waals surface area contributed by atoms with Crippen LogP contribution in [0.3, 0.4) is 0 Å². The van der Waals surface area contributed by atoms with Crippen LogP contribution in [-0.4, -0.2) is 11.6 Å². The third kappa shape index (κ3) is 4.59. The zero-order valence-corrected chi connectivity index (χ0v) is 15.0. The Labute approximate surface area is 166 Å². The Morgan fingerprint density at radius 3 is 0.833 bits per heavy atom. The van der Waals surface area contributed by atoms with Crippen LogP contribution in [0, 0.1) is 0 Å². The van der Waals surface area contributed by atoms with Crippen LogP contribution < -0.4 is 0 Å². The number of ketones is 2. The summed E-state index contributed by atoms with van der Waals surface area (Å²) in [6, 6.07) is 12.8. The van der Waals surface area contributed by atoms with E-state index in [4.69, 9.17) is 0 Å². The van der Waals surface area contributed by atoms with Crippen molar-refractivity contribution < 1.29 is 35.9 Å². The molecule has 0 spiro atoms. The summed E-state index contributed by atoms with van der Waals surface area (Å²) in [7, 11) is 0. The van der Waals surface area contributed by atoms with Crippen molar-refractivity contribution in [2.45, 2.75) is 12.4 Å². The number of carbonyl (C=O) groups is 2. The first-order chi connectivity index (χ1) is 14.0. The van der Waals surface area contributed by atoms with Crippen molar-refractivity contribution >= 4 is 11.6 Å². The van der Waals surface area contributed by atoms with Crippen molar-refractivity contribution in [1.82, 2.24) is 0 Å². The quantitative estimate of drug-likeness (QED) is 0.371. The summed E-state index contributed by atoms with van der Waals surface area (Å²) in [5, 5.41) is 0. The maximum Gasteiger partial charge on any atom is 0.416 e. The van der Waals surface area contributed by atoms with Gasteiger partial charge in [0.25, 0.3) is 0 Å². The number of rotatable bonds is 4. The SMILES string of the molecule is O=C(c1ccc(C(=O)c2ccc(C(F)(F)F)cc2)cc1)c1ccc(C(F)(F)F)cc1. The van der Waals surface area contributed by atoms with E-state index in [1.807, 2.05) is 0 Å². The van der Waals surface area contributed by atoms with Crippen molar-refractivity contribution in [1.29, 1.82) is 0 Å². The first-order valence-corrected chi connectivity index (χ1v) is 8.51. The molecule has 0 aromatic heterocycles. The summed E-state index contributed by atoms with van der Waals surface area (Å²) in [4.78, 5) is 24.8. The van der Waals surface area contributed by atoms with Gasteiger partial charge in [-0.05, 0) is 24.3 Å². The second-order valence-corrected chi connectivity index (χ2v) is 6.39. The van der Waals surface area contributed by atoms with E-state index < -0.39 is 35.0 Å². The fourth-order valence-electron chi connectivity index (χ4n) is 2.73. The summed E-state index contributed by atoms with van der Waals surface area (Å²) in [5.41, 5.74) is -1.36. The van der Waals surface area contributed by atoms with Gasteiger partial charge in [0, 0.05) is 22.3 Å². The van der Waals surface area contributed by atoms with Gasteiger partial charge in [0.15, 0.2) is 11.6 Å². The molecule has 3 rings (SSSR count). The molecule has 0 heterocycles. The molecule has 0 aliphatic heterocycles. The molecular formula is C22H12F6O2. The third-order valence-corrected chi connectivity index (χ3v) is 4.36. The van der Waals surface area contributed by atoms with Crippen molar-refractivity contribution in [3.63, 3.8) is 0 Å². The summed E-state index contributed by atoms with van der Waals surface area (Å²) < 4.78 is 75.7. The normalized spacial score (nSPS) is 11.9. The molecule has 154 valence electrons. The molecule has 0 unspecified atom stereocenters. The molecule has 30 heavy (non-hydrogen) atoms. The van der Waals surface area contributed by atoms with Crippen LogP contribution in [0.15, 0.2) is 72.8 Å². The molecule has 0 aliphatic rings. The van der Waals surface area contributed by atoms with E-state index >= 15 is 0 Å². The first-order valence-electron chi connectivity index (χ1n) is 8.51. The van der Waals surface area contributed by atoms with Gasteiger partial charge in [-0.15, -0.1) is 0 Å². The van der Waals surface area contributed by atoms with Gasteiger partial charge in [-0.3, -0.25) is 9.59 Å². The van der Waals surface area contributed by atoms with E-state index in [-0.39, 0.29) is 22.3 Å². The van der Waals surface area contributed by atoms with Gasteiger partial charge in [0.2, 0.25) is 0 Å². The Kier molecular flexibility index (Phi) is 5.52. The molecule has 8 heteroatoms. The predicted molar refractivity (Wildman–Crippen MR) is 96.2 cm³/mol. The van der Waals surface area contributed by atoms with E-state index in [1.165, 1.54) is 24.3 Å². The Morgan fingerprint density at radius 1 is 0.433 bits per heavy atom. The molecule has 0 N–H and O–H groups in total. The molecule has 0 atom stereocenters. The van der Waals surface area contributed by atoms with E-state index in [1.54, 1.807) is 0 Å². The highest BCUT2D eigenvalue weighted by Crippen LogP contribution is 2.30. The van der Waals surface area contributed by atoms with E-state index in [2.05, 4.69) is 0 Å². The average molecular weight is 422 g/mol. The molecule has 2 nitrogen and oxygen atoms in total. The van der Waals surface area contributed by atoms with E-state index in [0.717, 1.165) is 48.5 Å². The Hall–Kier alpha value is -3.42.